The molecule has 0 radical (unpaired) electrons. The van der Waals surface area contributed by atoms with Gasteiger partial charge in [0.25, 0.3) is 0 Å². The van der Waals surface area contributed by atoms with Crippen LogP contribution in [-0.2, 0) is 4.84 Å². The van der Waals surface area contributed by atoms with Crippen molar-refractivity contribution in [3.8, 4) is 11.5 Å². The summed E-state index contributed by atoms with van der Waals surface area (Å²) in [7, 11) is 0. The number of oxime groups is 1. The third-order valence-electron chi connectivity index (χ3n) is 2.56. The standard InChI is InChI=1S/C16H20Cl2FNO3/c1-11(2)20-23-7-4-6-22-16-12(3)9-13(10-14(16)17)21-8-5-15(18)19/h5,9-10H,4,6-8H2,1-3H3/b15-5-. The van der Waals surface area contributed by atoms with Gasteiger partial charge < -0.3 is 14.3 Å². The first-order valence-electron chi connectivity index (χ1n) is 7.10. The molecule has 0 saturated heterocycles. The van der Waals surface area contributed by atoms with Crippen molar-refractivity contribution >= 4 is 28.9 Å². The fraction of sp³-hybridized carbons (Fsp3) is 0.438. The van der Waals surface area contributed by atoms with E-state index in [4.69, 9.17) is 37.5 Å². The Bertz CT molecular complexity index is 545. The normalized spacial score (nSPS) is 11.1. The minimum atomic E-state index is -0.808. The molecule has 1 aromatic rings. The number of aryl methyl sites for hydroxylation is 1. The van der Waals surface area contributed by atoms with E-state index in [1.54, 1.807) is 12.1 Å². The van der Waals surface area contributed by atoms with Gasteiger partial charge in [-0.1, -0.05) is 28.4 Å². The maximum atomic E-state index is 12.4. The Balaban J connectivity index is 2.50. The van der Waals surface area contributed by atoms with Crippen molar-refractivity contribution in [3.05, 3.63) is 34.1 Å². The molecule has 0 saturated carbocycles. The highest BCUT2D eigenvalue weighted by Gasteiger charge is 2.09. The van der Waals surface area contributed by atoms with E-state index in [0.29, 0.717) is 36.2 Å². The van der Waals surface area contributed by atoms with E-state index in [1.807, 2.05) is 20.8 Å². The molecule has 0 atom stereocenters. The van der Waals surface area contributed by atoms with Crippen molar-refractivity contribution < 1.29 is 18.7 Å². The van der Waals surface area contributed by atoms with Gasteiger partial charge in [-0.05, 0) is 32.4 Å². The van der Waals surface area contributed by atoms with E-state index in [1.165, 1.54) is 0 Å². The highest BCUT2D eigenvalue weighted by atomic mass is 35.5. The summed E-state index contributed by atoms with van der Waals surface area (Å²) >= 11 is 11.3. The molecule has 128 valence electrons. The number of rotatable bonds is 9. The number of nitrogens with zero attached hydrogens (tertiary/aromatic N) is 1. The van der Waals surface area contributed by atoms with Gasteiger partial charge in [0.05, 0.1) is 17.3 Å². The predicted octanol–water partition coefficient (Wildman–Crippen LogP) is 5.26. The number of hydrogen-bond donors (Lipinski definition) is 0. The summed E-state index contributed by atoms with van der Waals surface area (Å²) in [6, 6.07) is 3.38. The predicted molar refractivity (Wildman–Crippen MR) is 91.6 cm³/mol. The molecule has 0 aliphatic carbocycles. The zero-order valence-electron chi connectivity index (χ0n) is 13.4. The number of hydrogen-bond acceptors (Lipinski definition) is 4. The molecule has 0 aliphatic rings. The van der Waals surface area contributed by atoms with E-state index < -0.39 is 5.29 Å². The maximum absolute atomic E-state index is 12.4. The second-order valence-corrected chi connectivity index (χ2v) is 5.70. The van der Waals surface area contributed by atoms with Crippen LogP contribution in [0, 0.1) is 6.92 Å². The summed E-state index contributed by atoms with van der Waals surface area (Å²) in [6.07, 6.45) is 1.81. The molecule has 7 heteroatoms. The monoisotopic (exact) mass is 363 g/mol. The molecule has 23 heavy (non-hydrogen) atoms. The summed E-state index contributed by atoms with van der Waals surface area (Å²) < 4.78 is 23.4. The van der Waals surface area contributed by atoms with Crippen LogP contribution in [0.2, 0.25) is 5.02 Å². The van der Waals surface area contributed by atoms with E-state index in [-0.39, 0.29) is 6.61 Å². The molecule has 1 rings (SSSR count). The van der Waals surface area contributed by atoms with Crippen LogP contribution in [0.15, 0.2) is 28.7 Å². The van der Waals surface area contributed by atoms with Crippen LogP contribution in [0.3, 0.4) is 0 Å². The second kappa shape index (κ2) is 10.3. The molecule has 0 unspecified atom stereocenters. The average Bonchev–Trinajstić information content (AvgIpc) is 2.44. The van der Waals surface area contributed by atoms with Gasteiger partial charge in [0.15, 0.2) is 5.29 Å². The molecule has 0 bridgehead atoms. The van der Waals surface area contributed by atoms with Gasteiger partial charge in [0.1, 0.15) is 24.7 Å². The van der Waals surface area contributed by atoms with Gasteiger partial charge in [-0.25, -0.2) is 0 Å². The summed E-state index contributed by atoms with van der Waals surface area (Å²) in [6.45, 7) is 6.53. The van der Waals surface area contributed by atoms with Crippen LogP contribution in [0.25, 0.3) is 0 Å². The molecule has 0 aliphatic heterocycles. The first-order valence-corrected chi connectivity index (χ1v) is 7.85. The Morgan fingerprint density at radius 3 is 2.61 bits per heavy atom. The van der Waals surface area contributed by atoms with E-state index in [9.17, 15) is 4.39 Å². The lowest BCUT2D eigenvalue weighted by Crippen LogP contribution is -2.04. The van der Waals surface area contributed by atoms with Gasteiger partial charge in [-0.15, -0.1) is 0 Å². The zero-order chi connectivity index (χ0) is 17.2. The molecule has 0 heterocycles. The summed E-state index contributed by atoms with van der Waals surface area (Å²) in [5.74, 6) is 1.11. The van der Waals surface area contributed by atoms with E-state index in [0.717, 1.165) is 17.4 Å². The molecule has 0 fully saturated rings. The first-order chi connectivity index (χ1) is 10.9. The lowest BCUT2D eigenvalue weighted by Gasteiger charge is -2.13. The molecule has 1 aromatic carbocycles. The van der Waals surface area contributed by atoms with Gasteiger partial charge in [0, 0.05) is 18.6 Å². The summed E-state index contributed by atoms with van der Waals surface area (Å²) in [5.41, 5.74) is 1.69. The summed E-state index contributed by atoms with van der Waals surface area (Å²) in [4.78, 5) is 5.08. The smallest absolute Gasteiger partial charge is 0.188 e. The molecular formula is C16H20Cl2FNO3. The van der Waals surface area contributed by atoms with Gasteiger partial charge in [-0.3, -0.25) is 0 Å². The largest absolute Gasteiger partial charge is 0.492 e. The topological polar surface area (TPSA) is 40.0 Å². The minimum absolute atomic E-state index is 0.0278. The van der Waals surface area contributed by atoms with Crippen molar-refractivity contribution in [3.63, 3.8) is 0 Å². The second-order valence-electron chi connectivity index (χ2n) is 4.93. The minimum Gasteiger partial charge on any atom is -0.492 e. The Hall–Kier alpha value is -1.46. The van der Waals surface area contributed by atoms with Crippen LogP contribution >= 0.6 is 23.2 Å². The van der Waals surface area contributed by atoms with Crippen LogP contribution in [0.4, 0.5) is 4.39 Å². The molecule has 0 N–H and O–H groups in total. The Kier molecular flexibility index (Phi) is 8.81. The zero-order valence-corrected chi connectivity index (χ0v) is 14.9. The SMILES string of the molecule is CC(C)=NOCCCOc1c(C)cc(OC/C=C(\F)Cl)cc1Cl. The van der Waals surface area contributed by atoms with Crippen molar-refractivity contribution in [2.75, 3.05) is 19.8 Å². The highest BCUT2D eigenvalue weighted by molar-refractivity contribution is 6.32. The fourth-order valence-corrected chi connectivity index (χ4v) is 2.01. The van der Waals surface area contributed by atoms with Crippen LogP contribution in [0.1, 0.15) is 25.8 Å². The first kappa shape index (κ1) is 19.6. The van der Waals surface area contributed by atoms with Crippen molar-refractivity contribution in [2.45, 2.75) is 27.2 Å². The number of halogens is 3. The Labute approximate surface area is 145 Å². The summed E-state index contributed by atoms with van der Waals surface area (Å²) in [5, 5.41) is 3.46. The Morgan fingerprint density at radius 2 is 2.00 bits per heavy atom. The molecule has 0 amide bonds. The number of benzene rings is 1. The van der Waals surface area contributed by atoms with Gasteiger partial charge >= 0.3 is 0 Å². The van der Waals surface area contributed by atoms with Crippen LogP contribution in [-0.4, -0.2) is 25.5 Å². The quantitative estimate of drug-likeness (QED) is 0.341. The van der Waals surface area contributed by atoms with Gasteiger partial charge in [-0.2, -0.15) is 4.39 Å². The third-order valence-corrected chi connectivity index (χ3v) is 3.00. The van der Waals surface area contributed by atoms with Crippen LogP contribution < -0.4 is 9.47 Å². The number of ether oxygens (including phenoxy) is 2. The third kappa shape index (κ3) is 8.09. The lowest BCUT2D eigenvalue weighted by atomic mass is 10.2. The Morgan fingerprint density at radius 1 is 1.26 bits per heavy atom. The van der Waals surface area contributed by atoms with Crippen molar-refractivity contribution in [2.24, 2.45) is 5.16 Å². The van der Waals surface area contributed by atoms with Crippen molar-refractivity contribution in [1.82, 2.24) is 0 Å². The molecule has 0 aromatic heterocycles. The fourth-order valence-electron chi connectivity index (χ4n) is 1.64. The van der Waals surface area contributed by atoms with E-state index in [2.05, 4.69) is 5.16 Å². The molecular weight excluding hydrogens is 344 g/mol. The maximum Gasteiger partial charge on any atom is 0.188 e. The van der Waals surface area contributed by atoms with Crippen molar-refractivity contribution in [1.29, 1.82) is 0 Å². The van der Waals surface area contributed by atoms with Gasteiger partial charge in [0.2, 0.25) is 0 Å². The molecule has 0 spiro atoms. The van der Waals surface area contributed by atoms with Crippen LogP contribution in [0.5, 0.6) is 11.5 Å². The lowest BCUT2D eigenvalue weighted by molar-refractivity contribution is 0.127. The average molecular weight is 364 g/mol. The molecule has 4 nitrogen and oxygen atoms in total. The van der Waals surface area contributed by atoms with E-state index >= 15 is 0 Å². The highest BCUT2D eigenvalue weighted by Crippen LogP contribution is 2.33.